The van der Waals surface area contributed by atoms with Crippen LogP contribution in [0.2, 0.25) is 0 Å². The number of nitrogens with two attached hydrogens (primary N) is 1. The summed E-state index contributed by atoms with van der Waals surface area (Å²) in [5.74, 6) is 0.622. The maximum atomic E-state index is 10.6. The van der Waals surface area contributed by atoms with Crippen molar-refractivity contribution in [3.05, 3.63) is 59.7 Å². The molecule has 0 heterocycles. The van der Waals surface area contributed by atoms with Crippen LogP contribution in [-0.2, 0) is 6.42 Å². The Morgan fingerprint density at radius 3 is 2.56 bits per heavy atom. The number of aldehydes is 1. The van der Waals surface area contributed by atoms with Gasteiger partial charge in [-0.25, -0.2) is 0 Å². The smallest absolute Gasteiger partial charge is 0.150 e. The van der Waals surface area contributed by atoms with Crippen molar-refractivity contribution in [2.24, 2.45) is 0 Å². The van der Waals surface area contributed by atoms with Gasteiger partial charge in [-0.2, -0.15) is 0 Å². The van der Waals surface area contributed by atoms with Crippen LogP contribution in [0.25, 0.3) is 0 Å². The second-order valence-electron chi connectivity index (χ2n) is 4.00. The van der Waals surface area contributed by atoms with E-state index in [1.54, 1.807) is 18.2 Å². The molecule has 0 aliphatic rings. The van der Waals surface area contributed by atoms with E-state index < -0.39 is 0 Å². The highest BCUT2D eigenvalue weighted by atomic mass is 16.5. The van der Waals surface area contributed by atoms with Gasteiger partial charge >= 0.3 is 0 Å². The molecule has 3 nitrogen and oxygen atoms in total. The van der Waals surface area contributed by atoms with Crippen LogP contribution in [0, 0.1) is 0 Å². The van der Waals surface area contributed by atoms with E-state index in [1.807, 2.05) is 18.2 Å². The van der Waals surface area contributed by atoms with Crippen molar-refractivity contribution >= 4 is 12.0 Å². The second-order valence-corrected chi connectivity index (χ2v) is 4.00. The Labute approximate surface area is 106 Å². The Balaban J connectivity index is 1.92. The summed E-state index contributed by atoms with van der Waals surface area (Å²) in [6.45, 7) is 0.564. The molecule has 2 N–H and O–H groups in total. The first kappa shape index (κ1) is 12.2. The van der Waals surface area contributed by atoms with Gasteiger partial charge in [-0.15, -0.1) is 0 Å². The lowest BCUT2D eigenvalue weighted by atomic mass is 10.2. The molecule has 0 unspecified atom stereocenters. The highest BCUT2D eigenvalue weighted by Crippen LogP contribution is 2.22. The quantitative estimate of drug-likeness (QED) is 0.646. The van der Waals surface area contributed by atoms with Crippen molar-refractivity contribution in [1.29, 1.82) is 0 Å². The molecule has 0 bridgehead atoms. The van der Waals surface area contributed by atoms with Crippen molar-refractivity contribution in [1.82, 2.24) is 0 Å². The molecule has 18 heavy (non-hydrogen) atoms. The molecule has 0 saturated heterocycles. The molecular formula is C15H15NO2. The van der Waals surface area contributed by atoms with E-state index in [9.17, 15) is 4.79 Å². The topological polar surface area (TPSA) is 52.3 Å². The number of benzene rings is 2. The number of anilines is 1. The van der Waals surface area contributed by atoms with Crippen LogP contribution in [0.5, 0.6) is 5.75 Å². The molecule has 0 aromatic heterocycles. The molecule has 0 aliphatic carbocycles. The number of rotatable bonds is 5. The molecule has 0 aliphatic heterocycles. The Morgan fingerprint density at radius 2 is 1.89 bits per heavy atom. The number of ether oxygens (including phenoxy) is 1. The van der Waals surface area contributed by atoms with E-state index in [4.69, 9.17) is 10.5 Å². The number of hydrogen-bond donors (Lipinski definition) is 1. The third-order valence-electron chi connectivity index (χ3n) is 2.66. The molecular weight excluding hydrogens is 226 g/mol. The number of nitrogen functional groups attached to an aromatic ring is 1. The minimum Gasteiger partial charge on any atom is -0.491 e. The summed E-state index contributed by atoms with van der Waals surface area (Å²) in [4.78, 5) is 10.6. The van der Waals surface area contributed by atoms with Gasteiger partial charge in [-0.3, -0.25) is 4.79 Å². The zero-order valence-corrected chi connectivity index (χ0v) is 10.0. The number of hydrogen-bond acceptors (Lipinski definition) is 3. The van der Waals surface area contributed by atoms with Crippen molar-refractivity contribution in [2.45, 2.75) is 6.42 Å². The van der Waals surface area contributed by atoms with Crippen molar-refractivity contribution in [2.75, 3.05) is 12.3 Å². The van der Waals surface area contributed by atoms with E-state index >= 15 is 0 Å². The van der Waals surface area contributed by atoms with Gasteiger partial charge in [0.05, 0.1) is 12.3 Å². The molecule has 0 spiro atoms. The Hall–Kier alpha value is -2.29. The van der Waals surface area contributed by atoms with Crippen LogP contribution in [0.15, 0.2) is 48.5 Å². The lowest BCUT2D eigenvalue weighted by Crippen LogP contribution is -2.03. The predicted octanol–water partition coefficient (Wildman–Crippen LogP) is 2.70. The molecule has 0 amide bonds. The largest absolute Gasteiger partial charge is 0.491 e. The van der Waals surface area contributed by atoms with E-state index in [0.717, 1.165) is 12.7 Å². The zero-order chi connectivity index (χ0) is 12.8. The zero-order valence-electron chi connectivity index (χ0n) is 10.0. The molecule has 0 radical (unpaired) electrons. The van der Waals surface area contributed by atoms with Crippen molar-refractivity contribution < 1.29 is 9.53 Å². The lowest BCUT2D eigenvalue weighted by molar-refractivity contribution is 0.112. The Bertz CT molecular complexity index is 523. The summed E-state index contributed by atoms with van der Waals surface area (Å²) in [6, 6.07) is 15.1. The van der Waals surface area contributed by atoms with Crippen LogP contribution in [0.1, 0.15) is 15.9 Å². The maximum Gasteiger partial charge on any atom is 0.150 e. The van der Waals surface area contributed by atoms with Gasteiger partial charge in [-0.1, -0.05) is 30.3 Å². The van der Waals surface area contributed by atoms with Gasteiger partial charge in [0, 0.05) is 12.0 Å². The van der Waals surface area contributed by atoms with Crippen molar-refractivity contribution in [3.8, 4) is 5.75 Å². The number of carbonyl (C=O) groups is 1. The average molecular weight is 241 g/mol. The summed E-state index contributed by atoms with van der Waals surface area (Å²) in [5.41, 5.74) is 8.07. The fourth-order valence-corrected chi connectivity index (χ4v) is 1.70. The highest BCUT2D eigenvalue weighted by molar-refractivity contribution is 5.78. The first-order chi connectivity index (χ1) is 8.79. The Morgan fingerprint density at radius 1 is 1.11 bits per heavy atom. The molecule has 0 fully saturated rings. The molecule has 2 rings (SSSR count). The molecule has 0 saturated carbocycles. The number of carbonyl (C=O) groups excluding carboxylic acids is 1. The fourth-order valence-electron chi connectivity index (χ4n) is 1.70. The van der Waals surface area contributed by atoms with E-state index in [0.29, 0.717) is 23.6 Å². The van der Waals surface area contributed by atoms with Gasteiger partial charge in [0.2, 0.25) is 0 Å². The van der Waals surface area contributed by atoms with Gasteiger partial charge in [0.15, 0.2) is 0 Å². The first-order valence-corrected chi connectivity index (χ1v) is 5.81. The third kappa shape index (κ3) is 3.10. The molecule has 92 valence electrons. The third-order valence-corrected chi connectivity index (χ3v) is 2.66. The SMILES string of the molecule is Nc1cc(C=O)ccc1OCCc1ccccc1. The van der Waals surface area contributed by atoms with Crippen molar-refractivity contribution in [3.63, 3.8) is 0 Å². The van der Waals surface area contributed by atoms with Crippen LogP contribution in [0.3, 0.4) is 0 Å². The minimum atomic E-state index is 0.493. The van der Waals surface area contributed by atoms with E-state index in [2.05, 4.69) is 12.1 Å². The lowest BCUT2D eigenvalue weighted by Gasteiger charge is -2.09. The normalized spacial score (nSPS) is 10.0. The van der Waals surface area contributed by atoms with Crippen LogP contribution < -0.4 is 10.5 Å². The molecule has 2 aromatic carbocycles. The van der Waals surface area contributed by atoms with Crippen LogP contribution in [-0.4, -0.2) is 12.9 Å². The fraction of sp³-hybridized carbons (Fsp3) is 0.133. The first-order valence-electron chi connectivity index (χ1n) is 5.81. The highest BCUT2D eigenvalue weighted by Gasteiger charge is 2.01. The predicted molar refractivity (Wildman–Crippen MR) is 71.9 cm³/mol. The molecule has 0 atom stereocenters. The average Bonchev–Trinajstić information content (AvgIpc) is 2.42. The summed E-state index contributed by atoms with van der Waals surface area (Å²) >= 11 is 0. The Kier molecular flexibility index (Phi) is 3.97. The summed E-state index contributed by atoms with van der Waals surface area (Å²) in [5, 5.41) is 0. The van der Waals surface area contributed by atoms with Gasteiger partial charge < -0.3 is 10.5 Å². The van der Waals surface area contributed by atoms with Gasteiger partial charge in [0.25, 0.3) is 0 Å². The second kappa shape index (κ2) is 5.87. The van der Waals surface area contributed by atoms with Crippen LogP contribution >= 0.6 is 0 Å². The molecule has 3 heteroatoms. The molecule has 2 aromatic rings. The van der Waals surface area contributed by atoms with E-state index in [-0.39, 0.29) is 0 Å². The standard InChI is InChI=1S/C15H15NO2/c16-14-10-13(11-17)6-7-15(14)18-9-8-12-4-2-1-3-5-12/h1-7,10-11H,8-9,16H2. The van der Waals surface area contributed by atoms with Gasteiger partial charge in [-0.05, 0) is 23.8 Å². The maximum absolute atomic E-state index is 10.6. The monoisotopic (exact) mass is 241 g/mol. The summed E-state index contributed by atoms with van der Waals surface area (Å²) in [6.07, 6.45) is 1.60. The van der Waals surface area contributed by atoms with E-state index in [1.165, 1.54) is 5.56 Å². The summed E-state index contributed by atoms with van der Waals surface area (Å²) in [7, 11) is 0. The minimum absolute atomic E-state index is 0.493. The summed E-state index contributed by atoms with van der Waals surface area (Å²) < 4.78 is 5.60. The van der Waals surface area contributed by atoms with Gasteiger partial charge in [0.1, 0.15) is 12.0 Å². The van der Waals surface area contributed by atoms with Crippen LogP contribution in [0.4, 0.5) is 5.69 Å².